The highest BCUT2D eigenvalue weighted by Crippen LogP contribution is 2.03. The fourth-order valence-electron chi connectivity index (χ4n) is 1.07. The maximum Gasteiger partial charge on any atom is 0.328 e. The third-order valence-corrected chi connectivity index (χ3v) is 1.93. The van der Waals surface area contributed by atoms with Crippen LogP contribution < -0.4 is 0 Å². The molecule has 0 aliphatic rings. The van der Waals surface area contributed by atoms with Gasteiger partial charge in [0.25, 0.3) is 0 Å². The van der Waals surface area contributed by atoms with Crippen LogP contribution >= 0.6 is 0 Å². The van der Waals surface area contributed by atoms with Crippen LogP contribution in [0.15, 0.2) is 12.2 Å². The molecule has 0 saturated heterocycles. The molecule has 0 saturated carbocycles. The number of hydrogen-bond donors (Lipinski definition) is 4. The minimum absolute atomic E-state index is 0.319. The van der Waals surface area contributed by atoms with Crippen LogP contribution in [0.4, 0.5) is 0 Å². The monoisotopic (exact) mass is 262 g/mol. The van der Waals surface area contributed by atoms with E-state index in [-0.39, 0.29) is 0 Å². The summed E-state index contributed by atoms with van der Waals surface area (Å²) in [6, 6.07) is 0. The molecule has 106 valence electrons. The molecular weight excluding hydrogens is 240 g/mol. The van der Waals surface area contributed by atoms with Crippen molar-refractivity contribution in [1.82, 2.24) is 0 Å². The van der Waals surface area contributed by atoms with Gasteiger partial charge >= 0.3 is 11.9 Å². The molecule has 18 heavy (non-hydrogen) atoms. The van der Waals surface area contributed by atoms with Crippen molar-refractivity contribution in [3.63, 3.8) is 0 Å². The van der Waals surface area contributed by atoms with Gasteiger partial charge in [-0.3, -0.25) is 0 Å². The average molecular weight is 262 g/mol. The van der Waals surface area contributed by atoms with E-state index in [1.807, 2.05) is 0 Å². The second-order valence-electron chi connectivity index (χ2n) is 3.58. The van der Waals surface area contributed by atoms with E-state index < -0.39 is 11.9 Å². The summed E-state index contributed by atoms with van der Waals surface area (Å²) in [5, 5.41) is 32.5. The molecular formula is C12H22O6. The van der Waals surface area contributed by atoms with Crippen molar-refractivity contribution in [2.24, 2.45) is 0 Å². The summed E-state index contributed by atoms with van der Waals surface area (Å²) in [6.07, 6.45) is 7.62. The van der Waals surface area contributed by atoms with Crippen molar-refractivity contribution in [3.8, 4) is 0 Å². The highest BCUT2D eigenvalue weighted by atomic mass is 16.4. The van der Waals surface area contributed by atoms with Gasteiger partial charge in [-0.15, -0.1) is 0 Å². The first-order valence-corrected chi connectivity index (χ1v) is 5.90. The lowest BCUT2D eigenvalue weighted by atomic mass is 10.1. The predicted molar refractivity (Wildman–Crippen MR) is 66.3 cm³/mol. The Hall–Kier alpha value is -1.40. The van der Waals surface area contributed by atoms with Crippen LogP contribution in [0.25, 0.3) is 0 Å². The normalized spacial score (nSPS) is 9.89. The number of hydrogen-bond acceptors (Lipinski definition) is 4. The molecule has 0 bridgehead atoms. The SMILES string of the molecule is O=C(O)/C=C/C(=O)O.OCCCCCCCCO. The minimum atomic E-state index is -1.26. The van der Waals surface area contributed by atoms with Crippen LogP contribution in [0.5, 0.6) is 0 Å². The van der Waals surface area contributed by atoms with Crippen LogP contribution in [-0.4, -0.2) is 45.6 Å². The van der Waals surface area contributed by atoms with E-state index in [4.69, 9.17) is 20.4 Å². The van der Waals surface area contributed by atoms with Crippen molar-refractivity contribution in [1.29, 1.82) is 0 Å². The van der Waals surface area contributed by atoms with Gasteiger partial charge in [0, 0.05) is 25.4 Å². The van der Waals surface area contributed by atoms with Gasteiger partial charge in [0.2, 0.25) is 0 Å². The molecule has 0 heterocycles. The van der Waals surface area contributed by atoms with Gasteiger partial charge in [0.1, 0.15) is 0 Å². The summed E-state index contributed by atoms with van der Waals surface area (Å²) in [5.41, 5.74) is 0. The Labute approximate surface area is 107 Å². The molecule has 0 aliphatic carbocycles. The lowest BCUT2D eigenvalue weighted by molar-refractivity contribution is -0.134. The Bertz CT molecular complexity index is 213. The summed E-state index contributed by atoms with van der Waals surface area (Å²) >= 11 is 0. The van der Waals surface area contributed by atoms with Crippen molar-refractivity contribution >= 4 is 11.9 Å². The molecule has 0 aliphatic heterocycles. The Morgan fingerprint density at radius 2 is 0.944 bits per heavy atom. The van der Waals surface area contributed by atoms with E-state index >= 15 is 0 Å². The lowest BCUT2D eigenvalue weighted by Crippen LogP contribution is -1.91. The zero-order valence-corrected chi connectivity index (χ0v) is 10.4. The average Bonchev–Trinajstić information content (AvgIpc) is 2.32. The molecule has 0 spiro atoms. The van der Waals surface area contributed by atoms with Crippen molar-refractivity contribution in [3.05, 3.63) is 12.2 Å². The molecule has 0 fully saturated rings. The Morgan fingerprint density at radius 3 is 1.17 bits per heavy atom. The van der Waals surface area contributed by atoms with Gasteiger partial charge in [0.15, 0.2) is 0 Å². The number of carboxylic acid groups (broad SMARTS) is 2. The molecule has 0 aromatic rings. The van der Waals surface area contributed by atoms with E-state index in [0.717, 1.165) is 25.7 Å². The summed E-state index contributed by atoms with van der Waals surface area (Å²) < 4.78 is 0. The fraction of sp³-hybridized carbons (Fsp3) is 0.667. The number of rotatable bonds is 9. The standard InChI is InChI=1S/C8H18O2.C4H4O4/c9-7-5-3-1-2-4-6-8-10;5-3(6)1-2-4(7)8/h9-10H,1-8H2;1-2H,(H,5,6)(H,7,8)/b;2-1+. The molecule has 4 N–H and O–H groups in total. The van der Waals surface area contributed by atoms with E-state index in [1.54, 1.807) is 0 Å². The molecule has 0 aromatic heterocycles. The Kier molecular flexibility index (Phi) is 16.4. The van der Waals surface area contributed by atoms with Crippen LogP contribution in [-0.2, 0) is 9.59 Å². The summed E-state index contributed by atoms with van der Waals surface area (Å²) in [5.74, 6) is -2.51. The van der Waals surface area contributed by atoms with E-state index in [2.05, 4.69) is 0 Å². The molecule has 6 nitrogen and oxygen atoms in total. The highest BCUT2D eigenvalue weighted by molar-refractivity contribution is 5.89. The van der Waals surface area contributed by atoms with Crippen molar-refractivity contribution in [2.75, 3.05) is 13.2 Å². The van der Waals surface area contributed by atoms with Gasteiger partial charge < -0.3 is 20.4 Å². The van der Waals surface area contributed by atoms with Crippen LogP contribution in [0.2, 0.25) is 0 Å². The van der Waals surface area contributed by atoms with E-state index in [0.29, 0.717) is 25.4 Å². The zero-order valence-electron chi connectivity index (χ0n) is 10.4. The largest absolute Gasteiger partial charge is 0.478 e. The number of aliphatic hydroxyl groups excluding tert-OH is 2. The second-order valence-corrected chi connectivity index (χ2v) is 3.58. The maximum atomic E-state index is 9.55. The number of carboxylic acids is 2. The minimum Gasteiger partial charge on any atom is -0.478 e. The molecule has 0 atom stereocenters. The Morgan fingerprint density at radius 1 is 0.667 bits per heavy atom. The zero-order chi connectivity index (χ0) is 14.2. The van der Waals surface area contributed by atoms with Gasteiger partial charge in [0.05, 0.1) is 0 Å². The fourth-order valence-corrected chi connectivity index (χ4v) is 1.07. The first-order valence-electron chi connectivity index (χ1n) is 5.90. The molecule has 0 rings (SSSR count). The molecule has 6 heteroatoms. The number of aliphatic carboxylic acids is 2. The lowest BCUT2D eigenvalue weighted by Gasteiger charge is -1.97. The van der Waals surface area contributed by atoms with Gasteiger partial charge in [-0.05, 0) is 12.8 Å². The topological polar surface area (TPSA) is 115 Å². The molecule has 0 aromatic carbocycles. The first kappa shape index (κ1) is 19.0. The van der Waals surface area contributed by atoms with Gasteiger partial charge in [-0.1, -0.05) is 25.7 Å². The van der Waals surface area contributed by atoms with Crippen LogP contribution in [0.3, 0.4) is 0 Å². The number of carbonyl (C=O) groups is 2. The van der Waals surface area contributed by atoms with Gasteiger partial charge in [-0.2, -0.15) is 0 Å². The van der Waals surface area contributed by atoms with Gasteiger partial charge in [-0.25, -0.2) is 9.59 Å². The smallest absolute Gasteiger partial charge is 0.328 e. The van der Waals surface area contributed by atoms with Crippen molar-refractivity contribution < 1.29 is 30.0 Å². The van der Waals surface area contributed by atoms with E-state index in [1.165, 1.54) is 12.8 Å². The molecule has 0 amide bonds. The highest BCUT2D eigenvalue weighted by Gasteiger charge is 1.89. The summed E-state index contributed by atoms with van der Waals surface area (Å²) in [7, 11) is 0. The number of aliphatic hydroxyl groups is 2. The molecule has 0 unspecified atom stereocenters. The molecule has 0 radical (unpaired) electrons. The first-order chi connectivity index (χ1) is 8.54. The van der Waals surface area contributed by atoms with Crippen LogP contribution in [0, 0.1) is 0 Å². The Balaban J connectivity index is 0. The number of unbranched alkanes of at least 4 members (excludes halogenated alkanes) is 5. The second kappa shape index (κ2) is 15.6. The third-order valence-electron chi connectivity index (χ3n) is 1.93. The third kappa shape index (κ3) is 24.0. The quantitative estimate of drug-likeness (QED) is 0.364. The van der Waals surface area contributed by atoms with Crippen molar-refractivity contribution in [2.45, 2.75) is 38.5 Å². The van der Waals surface area contributed by atoms with Crippen LogP contribution in [0.1, 0.15) is 38.5 Å². The summed E-state index contributed by atoms with van der Waals surface area (Å²) in [6.45, 7) is 0.639. The van der Waals surface area contributed by atoms with E-state index in [9.17, 15) is 9.59 Å². The maximum absolute atomic E-state index is 9.55. The summed E-state index contributed by atoms with van der Waals surface area (Å²) in [4.78, 5) is 19.1. The predicted octanol–water partition coefficient (Wildman–Crippen LogP) is 1.02.